The summed E-state index contributed by atoms with van der Waals surface area (Å²) in [6.07, 6.45) is 0.183. The fourth-order valence-electron chi connectivity index (χ4n) is 4.85. The number of amides is 4. The molecule has 2 aliphatic heterocycles. The van der Waals surface area contributed by atoms with Gasteiger partial charge in [-0.25, -0.2) is 4.98 Å². The summed E-state index contributed by atoms with van der Waals surface area (Å²) in [5, 5.41) is 29.6. The van der Waals surface area contributed by atoms with Crippen LogP contribution in [0.1, 0.15) is 36.3 Å². The molecule has 0 radical (unpaired) electrons. The number of pyridine rings is 1. The van der Waals surface area contributed by atoms with E-state index in [4.69, 9.17) is 4.74 Å². The van der Waals surface area contributed by atoms with Gasteiger partial charge < -0.3 is 35.8 Å². The number of aliphatic hydroxyl groups excluding tert-OH is 1. The Labute approximate surface area is 232 Å². The second kappa shape index (κ2) is 12.4. The molecule has 2 unspecified atom stereocenters. The number of carbonyl (C=O) groups excluding carboxylic acids is 4. The molecular formula is C28H35N5O7. The van der Waals surface area contributed by atoms with Crippen LogP contribution in [0.15, 0.2) is 48.7 Å². The minimum Gasteiger partial charge on any atom is -0.505 e. The van der Waals surface area contributed by atoms with Crippen LogP contribution in [0.2, 0.25) is 0 Å². The number of ether oxygens (including phenoxy) is 1. The second-order valence-electron chi connectivity index (χ2n) is 10.3. The third-order valence-electron chi connectivity index (χ3n) is 7.65. The van der Waals surface area contributed by atoms with E-state index in [1.165, 1.54) is 37.2 Å². The van der Waals surface area contributed by atoms with Crippen molar-refractivity contribution in [3.05, 3.63) is 59.9 Å². The van der Waals surface area contributed by atoms with Crippen molar-refractivity contribution in [2.45, 2.75) is 63.1 Å². The number of aliphatic hydroxyl groups is 1. The van der Waals surface area contributed by atoms with Gasteiger partial charge in [-0.1, -0.05) is 37.3 Å². The molecule has 214 valence electrons. The maximum Gasteiger partial charge on any atom is 0.274 e. The lowest BCUT2D eigenvalue weighted by atomic mass is 9.90. The number of rotatable bonds is 5. The van der Waals surface area contributed by atoms with Gasteiger partial charge in [0, 0.05) is 19.9 Å². The Morgan fingerprint density at radius 3 is 2.42 bits per heavy atom. The van der Waals surface area contributed by atoms with Crippen LogP contribution in [-0.2, 0) is 25.5 Å². The summed E-state index contributed by atoms with van der Waals surface area (Å²) in [6, 6.07) is 7.73. The lowest BCUT2D eigenvalue weighted by molar-refractivity contribution is -0.152. The number of aromatic nitrogens is 1. The Balaban J connectivity index is 1.71. The predicted octanol–water partition coefficient (Wildman–Crippen LogP) is -0.256. The number of likely N-dealkylation sites (N-methyl/N-ethyl adjacent to an activating group) is 1. The molecule has 2 aliphatic rings. The lowest BCUT2D eigenvalue weighted by Gasteiger charge is -2.40. The van der Waals surface area contributed by atoms with Crippen molar-refractivity contribution in [2.24, 2.45) is 5.92 Å². The van der Waals surface area contributed by atoms with E-state index in [2.05, 4.69) is 20.9 Å². The molecule has 2 saturated heterocycles. The van der Waals surface area contributed by atoms with Crippen LogP contribution < -0.4 is 16.0 Å². The van der Waals surface area contributed by atoms with Crippen LogP contribution in [-0.4, -0.2) is 93.8 Å². The minimum atomic E-state index is -1.33. The lowest BCUT2D eigenvalue weighted by Crippen LogP contribution is -2.66. The monoisotopic (exact) mass is 553 g/mol. The molecule has 40 heavy (non-hydrogen) atoms. The van der Waals surface area contributed by atoms with Crippen LogP contribution >= 0.6 is 0 Å². The van der Waals surface area contributed by atoms with Crippen LogP contribution in [0.3, 0.4) is 0 Å². The molecule has 3 heterocycles. The number of hydrogen-bond acceptors (Lipinski definition) is 8. The van der Waals surface area contributed by atoms with Gasteiger partial charge in [0.05, 0.1) is 30.2 Å². The molecule has 7 atom stereocenters. The van der Waals surface area contributed by atoms with Gasteiger partial charge in [-0.2, -0.15) is 0 Å². The highest BCUT2D eigenvalue weighted by molar-refractivity contribution is 5.98. The minimum absolute atomic E-state index is 0.200. The Morgan fingerprint density at radius 2 is 1.80 bits per heavy atom. The smallest absolute Gasteiger partial charge is 0.274 e. The normalized spacial score (nSPS) is 29.8. The number of nitrogens with zero attached hydrogens (tertiary/aromatic N) is 2. The van der Waals surface area contributed by atoms with Crippen LogP contribution in [0.5, 0.6) is 5.75 Å². The molecular weight excluding hydrogens is 518 g/mol. The van der Waals surface area contributed by atoms with Crippen molar-refractivity contribution >= 4 is 23.6 Å². The molecule has 2 fully saturated rings. The molecule has 0 bridgehead atoms. The van der Waals surface area contributed by atoms with E-state index in [1.54, 1.807) is 6.92 Å². The van der Waals surface area contributed by atoms with Crippen molar-refractivity contribution in [3.8, 4) is 5.75 Å². The van der Waals surface area contributed by atoms with Gasteiger partial charge in [-0.3, -0.25) is 19.2 Å². The zero-order valence-corrected chi connectivity index (χ0v) is 22.6. The fraction of sp³-hybridized carbons (Fsp3) is 0.464. The summed E-state index contributed by atoms with van der Waals surface area (Å²) >= 11 is 0. The van der Waals surface area contributed by atoms with E-state index in [-0.39, 0.29) is 17.9 Å². The van der Waals surface area contributed by atoms with Gasteiger partial charge >= 0.3 is 0 Å². The molecule has 0 saturated carbocycles. The van der Waals surface area contributed by atoms with E-state index in [1.807, 2.05) is 30.3 Å². The number of hydrogen-bond donors (Lipinski definition) is 5. The summed E-state index contributed by atoms with van der Waals surface area (Å²) in [5.74, 6) is -3.93. The molecule has 1 aromatic heterocycles. The van der Waals surface area contributed by atoms with Crippen molar-refractivity contribution in [2.75, 3.05) is 13.7 Å². The van der Waals surface area contributed by atoms with Gasteiger partial charge in [-0.15, -0.1) is 0 Å². The van der Waals surface area contributed by atoms with Crippen molar-refractivity contribution < 1.29 is 34.1 Å². The Kier molecular flexibility index (Phi) is 9.00. The van der Waals surface area contributed by atoms with E-state index in [0.717, 1.165) is 5.56 Å². The van der Waals surface area contributed by atoms with E-state index >= 15 is 0 Å². The first-order valence-corrected chi connectivity index (χ1v) is 13.2. The third-order valence-corrected chi connectivity index (χ3v) is 7.65. The molecule has 5 N–H and O–H groups in total. The summed E-state index contributed by atoms with van der Waals surface area (Å²) in [7, 11) is 1.47. The zero-order valence-electron chi connectivity index (χ0n) is 22.6. The molecule has 4 rings (SSSR count). The average Bonchev–Trinajstić information content (AvgIpc) is 2.92. The van der Waals surface area contributed by atoms with Gasteiger partial charge in [-0.05, 0) is 37.5 Å². The zero-order chi connectivity index (χ0) is 29.0. The first-order chi connectivity index (χ1) is 19.1. The average molecular weight is 554 g/mol. The molecule has 12 heteroatoms. The predicted molar refractivity (Wildman–Crippen MR) is 143 cm³/mol. The fourth-order valence-corrected chi connectivity index (χ4v) is 4.85. The number of carbonyl (C=O) groups is 4. The van der Waals surface area contributed by atoms with E-state index in [0.29, 0.717) is 13.0 Å². The van der Waals surface area contributed by atoms with E-state index < -0.39 is 65.9 Å². The first-order valence-electron chi connectivity index (χ1n) is 13.2. The maximum atomic E-state index is 13.8. The highest BCUT2D eigenvalue weighted by Gasteiger charge is 2.43. The Hall–Kier alpha value is -4.03. The van der Waals surface area contributed by atoms with E-state index in [9.17, 15) is 29.4 Å². The highest BCUT2D eigenvalue weighted by Crippen LogP contribution is 2.22. The Morgan fingerprint density at radius 1 is 1.10 bits per heavy atom. The molecule has 0 aliphatic carbocycles. The quantitative estimate of drug-likeness (QED) is 0.337. The Bertz CT molecular complexity index is 1240. The van der Waals surface area contributed by atoms with Gasteiger partial charge in [0.15, 0.2) is 5.69 Å². The van der Waals surface area contributed by atoms with Gasteiger partial charge in [0.1, 0.15) is 17.8 Å². The van der Waals surface area contributed by atoms with Crippen LogP contribution in [0, 0.1) is 5.92 Å². The molecule has 2 aromatic rings. The first kappa shape index (κ1) is 29.0. The number of benzene rings is 1. The molecule has 12 nitrogen and oxygen atoms in total. The molecule has 0 spiro atoms. The third kappa shape index (κ3) is 6.23. The summed E-state index contributed by atoms with van der Waals surface area (Å²) < 4.78 is 5.53. The number of nitrogens with one attached hydrogen (secondary N) is 3. The van der Waals surface area contributed by atoms with Crippen molar-refractivity contribution in [1.82, 2.24) is 25.8 Å². The second-order valence-corrected chi connectivity index (χ2v) is 10.3. The molecule has 4 amide bonds. The van der Waals surface area contributed by atoms with Crippen molar-refractivity contribution in [1.29, 1.82) is 0 Å². The molecule has 1 aromatic carbocycles. The largest absolute Gasteiger partial charge is 0.505 e. The van der Waals surface area contributed by atoms with Crippen LogP contribution in [0.25, 0.3) is 0 Å². The number of aromatic hydroxyl groups is 1. The summed E-state index contributed by atoms with van der Waals surface area (Å²) in [6.45, 7) is 3.54. The van der Waals surface area contributed by atoms with Gasteiger partial charge in [0.2, 0.25) is 17.7 Å². The topological polar surface area (TPSA) is 170 Å². The standard InChI is InChI=1S/C28H35N5O7/c1-15-24(35)18(14-17-8-5-4-6-9-17)30-26(37)21(31-27(38)22-19(34)10-7-12-29-22)16(2)33(3)28(39)23(32-25(15)36)20-11-13-40-20/h4-10,12,15-16,18,20-21,23-24,34-35H,11,13-14H2,1-3H3,(H,30,37)(H,31,38)(H,32,36)/t15-,16-,18+,20?,21+,23?,24+/m1/s1. The SMILES string of the molecule is C[C@@H]1[C@H](NC(=O)c2ncccc2O)C(=O)N[C@@H](Cc2ccccc2)[C@@H](O)[C@@H](C)C(=O)NC(C2CCO2)C(=O)N1C. The van der Waals surface area contributed by atoms with Crippen LogP contribution in [0.4, 0.5) is 0 Å². The summed E-state index contributed by atoms with van der Waals surface area (Å²) in [5.41, 5.74) is 0.525. The maximum absolute atomic E-state index is 13.8. The van der Waals surface area contributed by atoms with Crippen molar-refractivity contribution in [3.63, 3.8) is 0 Å². The highest BCUT2D eigenvalue weighted by atomic mass is 16.5. The summed E-state index contributed by atoms with van der Waals surface area (Å²) in [4.78, 5) is 58.9. The van der Waals surface area contributed by atoms with Gasteiger partial charge in [0.25, 0.3) is 5.91 Å².